The van der Waals surface area contributed by atoms with E-state index in [9.17, 15) is 14.3 Å². The predicted molar refractivity (Wildman–Crippen MR) is 196 cm³/mol. The fourth-order valence-electron chi connectivity index (χ4n) is 5.31. The first-order valence-electron chi connectivity index (χ1n) is 19.4. The van der Waals surface area contributed by atoms with Crippen molar-refractivity contribution in [1.82, 2.24) is 0 Å². The number of esters is 1. The Morgan fingerprint density at radius 2 is 1.09 bits per heavy atom. The van der Waals surface area contributed by atoms with Crippen LogP contribution in [0.5, 0.6) is 0 Å². The maximum Gasteiger partial charge on any atom is 0.472 e. The molecule has 0 radical (unpaired) electrons. The summed E-state index contributed by atoms with van der Waals surface area (Å²) >= 11 is 0. The molecule has 2 atom stereocenters. The van der Waals surface area contributed by atoms with Gasteiger partial charge in [-0.2, -0.15) is 0 Å². The van der Waals surface area contributed by atoms with E-state index in [0.717, 1.165) is 44.9 Å². The van der Waals surface area contributed by atoms with Crippen molar-refractivity contribution >= 4 is 13.8 Å². The monoisotopic (exact) mass is 688 g/mol. The smallest absolute Gasteiger partial charge is 0.472 e. The van der Waals surface area contributed by atoms with Gasteiger partial charge in [-0.25, -0.2) is 4.57 Å². The lowest BCUT2D eigenvalue weighted by atomic mass is 10.0. The van der Waals surface area contributed by atoms with Crippen molar-refractivity contribution in [2.45, 2.75) is 187 Å². The number of hydrogen-bond donors (Lipinski definition) is 2. The van der Waals surface area contributed by atoms with Gasteiger partial charge in [-0.05, 0) is 51.0 Å². The highest BCUT2D eigenvalue weighted by Crippen LogP contribution is 2.43. The molecule has 0 amide bonds. The van der Waals surface area contributed by atoms with Gasteiger partial charge >= 0.3 is 13.8 Å². The molecule has 0 heterocycles. The number of unbranched alkanes of at least 4 members (excludes halogenated alkanes) is 22. The highest BCUT2D eigenvalue weighted by atomic mass is 31.2. The van der Waals surface area contributed by atoms with E-state index >= 15 is 0 Å². The molecule has 0 aromatic heterocycles. The second kappa shape index (κ2) is 36.1. The van der Waals surface area contributed by atoms with Crippen molar-refractivity contribution in [3.63, 3.8) is 0 Å². The summed E-state index contributed by atoms with van der Waals surface area (Å²) in [7, 11) is -4.28. The Balaban J connectivity index is 4.12. The van der Waals surface area contributed by atoms with Crippen LogP contribution in [0.15, 0.2) is 24.5 Å². The Bertz CT molecular complexity index is 777. The van der Waals surface area contributed by atoms with Crippen LogP contribution in [-0.4, -0.2) is 43.3 Å². The molecule has 0 rings (SSSR count). The van der Waals surface area contributed by atoms with Gasteiger partial charge in [0.05, 0.1) is 19.5 Å². The largest absolute Gasteiger partial charge is 0.498 e. The molecule has 47 heavy (non-hydrogen) atoms. The van der Waals surface area contributed by atoms with Crippen molar-refractivity contribution < 1.29 is 32.8 Å². The molecule has 0 aromatic carbocycles. The third kappa shape index (κ3) is 35.9. The summed E-state index contributed by atoms with van der Waals surface area (Å²) in [4.78, 5) is 22.3. The van der Waals surface area contributed by atoms with E-state index in [0.29, 0.717) is 6.42 Å². The van der Waals surface area contributed by atoms with E-state index in [1.165, 1.54) is 116 Å². The molecule has 0 spiro atoms. The van der Waals surface area contributed by atoms with E-state index in [-0.39, 0.29) is 32.3 Å². The maximum absolute atomic E-state index is 12.5. The molecule has 0 bridgehead atoms. The molecule has 0 aromatic rings. The van der Waals surface area contributed by atoms with Crippen LogP contribution in [0.3, 0.4) is 0 Å². The van der Waals surface area contributed by atoms with Crippen LogP contribution < -0.4 is 5.73 Å². The Labute approximate surface area is 289 Å². The average Bonchev–Trinajstić information content (AvgIpc) is 3.06. The zero-order chi connectivity index (χ0) is 34.5. The summed E-state index contributed by atoms with van der Waals surface area (Å²) in [5, 5.41) is 0. The van der Waals surface area contributed by atoms with Gasteiger partial charge in [0.25, 0.3) is 0 Å². The Morgan fingerprint density at radius 3 is 1.62 bits per heavy atom. The molecule has 0 saturated heterocycles. The van der Waals surface area contributed by atoms with Crippen LogP contribution in [0.2, 0.25) is 0 Å². The maximum atomic E-state index is 12.5. The minimum Gasteiger partial charge on any atom is -0.498 e. The van der Waals surface area contributed by atoms with Crippen LogP contribution in [0.25, 0.3) is 0 Å². The normalized spacial score (nSPS) is 13.8. The standard InChI is InChI=1S/C38H74NO7P/c1-3-5-7-9-11-13-15-17-18-19-20-22-24-26-28-30-33-43-35-37(36-45-47(41,42)44-34-32-39)46-38(40)31-29-27-25-23-21-16-14-12-10-8-6-4-2/h12,14,30,33,37H,3-11,13,15-29,31-32,34-36,39H2,1-2H3,(H,41,42)/b14-12+,33-30+/t37-/m1/s1. The highest BCUT2D eigenvalue weighted by Gasteiger charge is 2.25. The summed E-state index contributed by atoms with van der Waals surface area (Å²) < 4.78 is 33.0. The van der Waals surface area contributed by atoms with Gasteiger partial charge in [0.15, 0.2) is 6.10 Å². The van der Waals surface area contributed by atoms with Gasteiger partial charge in [0.1, 0.15) is 6.61 Å². The second-order valence-electron chi connectivity index (χ2n) is 12.9. The summed E-state index contributed by atoms with van der Waals surface area (Å²) in [6.45, 7) is 4.21. The fourth-order valence-corrected chi connectivity index (χ4v) is 6.07. The molecular weight excluding hydrogens is 613 g/mol. The number of allylic oxidation sites excluding steroid dienone is 3. The topological polar surface area (TPSA) is 117 Å². The van der Waals surface area contributed by atoms with Crippen molar-refractivity contribution in [3.8, 4) is 0 Å². The summed E-state index contributed by atoms with van der Waals surface area (Å²) in [5.74, 6) is -0.362. The molecule has 0 fully saturated rings. The lowest BCUT2D eigenvalue weighted by Crippen LogP contribution is -2.27. The van der Waals surface area contributed by atoms with Crippen LogP contribution in [-0.2, 0) is 27.9 Å². The number of carbonyl (C=O) groups is 1. The molecule has 3 N–H and O–H groups in total. The predicted octanol–water partition coefficient (Wildman–Crippen LogP) is 11.3. The first-order valence-corrected chi connectivity index (χ1v) is 20.9. The second-order valence-corrected chi connectivity index (χ2v) is 14.3. The number of hydrogen-bond acceptors (Lipinski definition) is 7. The van der Waals surface area contributed by atoms with Crippen molar-refractivity contribution in [1.29, 1.82) is 0 Å². The molecule has 8 nitrogen and oxygen atoms in total. The van der Waals surface area contributed by atoms with Gasteiger partial charge in [-0.15, -0.1) is 0 Å². The summed E-state index contributed by atoms with van der Waals surface area (Å²) in [5.41, 5.74) is 5.34. The molecule has 0 aliphatic heterocycles. The van der Waals surface area contributed by atoms with Gasteiger partial charge in [-0.3, -0.25) is 13.8 Å². The van der Waals surface area contributed by atoms with Gasteiger partial charge in [-0.1, -0.05) is 142 Å². The molecule has 0 aliphatic carbocycles. The van der Waals surface area contributed by atoms with Crippen LogP contribution in [0, 0.1) is 0 Å². The molecule has 0 saturated carbocycles. The van der Waals surface area contributed by atoms with Gasteiger partial charge in [0, 0.05) is 13.0 Å². The SMILES string of the molecule is CCCCC/C=C/CCCCCCCC(=O)O[C@H](CO/C=C/CCCCCCCCCCCCCCCC)COP(=O)(O)OCCN. The number of rotatable bonds is 37. The van der Waals surface area contributed by atoms with E-state index in [2.05, 4.69) is 26.0 Å². The molecule has 1 unspecified atom stereocenters. The summed E-state index contributed by atoms with van der Waals surface area (Å²) in [6.07, 6.45) is 38.5. The minimum atomic E-state index is -4.28. The van der Waals surface area contributed by atoms with E-state index < -0.39 is 13.9 Å². The average molecular weight is 688 g/mol. The number of phosphoric ester groups is 1. The molecule has 0 aliphatic rings. The van der Waals surface area contributed by atoms with Gasteiger partial charge < -0.3 is 20.1 Å². The molecule has 278 valence electrons. The molecule has 9 heteroatoms. The van der Waals surface area contributed by atoms with Crippen LogP contribution >= 0.6 is 7.82 Å². The van der Waals surface area contributed by atoms with E-state index in [1.807, 2.05) is 6.08 Å². The highest BCUT2D eigenvalue weighted by molar-refractivity contribution is 7.47. The fraction of sp³-hybridized carbons (Fsp3) is 0.868. The van der Waals surface area contributed by atoms with E-state index in [1.54, 1.807) is 6.26 Å². The zero-order valence-electron chi connectivity index (χ0n) is 30.5. The zero-order valence-corrected chi connectivity index (χ0v) is 31.4. The van der Waals surface area contributed by atoms with E-state index in [4.69, 9.17) is 24.3 Å². The van der Waals surface area contributed by atoms with Crippen molar-refractivity contribution in [2.24, 2.45) is 5.73 Å². The Morgan fingerprint density at radius 1 is 0.638 bits per heavy atom. The first kappa shape index (κ1) is 45.8. The number of ether oxygens (including phenoxy) is 2. The van der Waals surface area contributed by atoms with Crippen molar-refractivity contribution in [3.05, 3.63) is 24.5 Å². The lowest BCUT2D eigenvalue weighted by molar-refractivity contribution is -0.153. The quantitative estimate of drug-likeness (QED) is 0.0218. The van der Waals surface area contributed by atoms with Gasteiger partial charge in [0.2, 0.25) is 0 Å². The third-order valence-corrected chi connectivity index (χ3v) is 9.17. The Hall–Kier alpha value is -1.18. The summed E-state index contributed by atoms with van der Waals surface area (Å²) in [6, 6.07) is 0. The number of nitrogens with two attached hydrogens (primary N) is 1. The lowest BCUT2D eigenvalue weighted by Gasteiger charge is -2.19. The minimum absolute atomic E-state index is 0.0316. The number of carbonyl (C=O) groups excluding carboxylic acids is 1. The Kier molecular flexibility index (Phi) is 35.2. The van der Waals surface area contributed by atoms with Crippen molar-refractivity contribution in [2.75, 3.05) is 26.4 Å². The molecular formula is C38H74NO7P. The third-order valence-electron chi connectivity index (χ3n) is 8.19. The van der Waals surface area contributed by atoms with Crippen LogP contribution in [0.4, 0.5) is 0 Å². The van der Waals surface area contributed by atoms with Crippen LogP contribution in [0.1, 0.15) is 181 Å². The first-order chi connectivity index (χ1) is 22.9. The number of phosphoric acid groups is 1.